The second-order valence-electron chi connectivity index (χ2n) is 16.0. The molecule has 9 aromatic carbocycles. The molecule has 4 heterocycles. The molecule has 0 unspecified atom stereocenters. The summed E-state index contributed by atoms with van der Waals surface area (Å²) in [6.45, 7) is 0. The van der Waals surface area contributed by atoms with Crippen molar-refractivity contribution in [2.75, 3.05) is 0 Å². The highest BCUT2D eigenvalue weighted by atomic mass is 16.3. The van der Waals surface area contributed by atoms with Crippen molar-refractivity contribution >= 4 is 65.6 Å². The Morgan fingerprint density at radius 1 is 0.317 bits per heavy atom. The van der Waals surface area contributed by atoms with Crippen LogP contribution in [0, 0.1) is 0 Å². The maximum Gasteiger partial charge on any atom is 0.164 e. The van der Waals surface area contributed by atoms with E-state index in [-0.39, 0.29) is 0 Å². The Bertz CT molecular complexity index is 3830. The number of hydrogen-bond acceptors (Lipinski definition) is 4. The highest BCUT2D eigenvalue weighted by Crippen LogP contribution is 2.44. The van der Waals surface area contributed by atoms with E-state index in [0.29, 0.717) is 17.5 Å². The molecule has 0 saturated carbocycles. The summed E-state index contributed by atoms with van der Waals surface area (Å²) >= 11 is 0. The van der Waals surface area contributed by atoms with Gasteiger partial charge in [-0.05, 0) is 77.9 Å². The molecule has 0 saturated heterocycles. The fraction of sp³-hybridized carbons (Fsp3) is 0. The number of benzene rings is 9. The van der Waals surface area contributed by atoms with Crippen molar-refractivity contribution in [1.82, 2.24) is 24.1 Å². The van der Waals surface area contributed by atoms with E-state index in [4.69, 9.17) is 19.4 Å². The summed E-state index contributed by atoms with van der Waals surface area (Å²) in [5.74, 6) is 1.83. The maximum atomic E-state index is 6.57. The number of aromatic nitrogens is 5. The fourth-order valence-corrected chi connectivity index (χ4v) is 9.56. The van der Waals surface area contributed by atoms with Gasteiger partial charge in [0, 0.05) is 60.4 Å². The molecule has 0 aliphatic heterocycles. The molecule has 0 aliphatic rings. The second kappa shape index (κ2) is 14.0. The van der Waals surface area contributed by atoms with Crippen molar-refractivity contribution < 1.29 is 4.42 Å². The largest absolute Gasteiger partial charge is 0.456 e. The summed E-state index contributed by atoms with van der Waals surface area (Å²) in [5.41, 5.74) is 13.4. The zero-order chi connectivity index (χ0) is 41.4. The van der Waals surface area contributed by atoms with Crippen molar-refractivity contribution in [2.45, 2.75) is 0 Å². The van der Waals surface area contributed by atoms with Crippen molar-refractivity contribution in [3.8, 4) is 56.7 Å². The van der Waals surface area contributed by atoms with E-state index in [9.17, 15) is 0 Å². The minimum absolute atomic E-state index is 0.592. The van der Waals surface area contributed by atoms with E-state index in [1.54, 1.807) is 0 Å². The molecular weight excluding hydrogens is 771 g/mol. The lowest BCUT2D eigenvalue weighted by Gasteiger charge is -2.09. The molecule has 0 bridgehead atoms. The molecule has 6 heteroatoms. The summed E-state index contributed by atoms with van der Waals surface area (Å²) in [6.07, 6.45) is 0. The Labute approximate surface area is 361 Å². The molecule has 0 radical (unpaired) electrons. The summed E-state index contributed by atoms with van der Waals surface area (Å²) in [4.78, 5) is 15.2. The average molecular weight is 806 g/mol. The van der Waals surface area contributed by atoms with Gasteiger partial charge < -0.3 is 13.6 Å². The second-order valence-corrected chi connectivity index (χ2v) is 16.0. The van der Waals surface area contributed by atoms with Gasteiger partial charge in [-0.1, -0.05) is 146 Å². The van der Waals surface area contributed by atoms with Crippen LogP contribution in [-0.4, -0.2) is 24.1 Å². The topological polar surface area (TPSA) is 61.7 Å². The van der Waals surface area contributed by atoms with Crippen LogP contribution in [0.2, 0.25) is 0 Å². The average Bonchev–Trinajstić information content (AvgIpc) is 4.02. The van der Waals surface area contributed by atoms with E-state index < -0.39 is 0 Å². The van der Waals surface area contributed by atoms with Crippen molar-refractivity contribution in [2.24, 2.45) is 0 Å². The van der Waals surface area contributed by atoms with Crippen LogP contribution in [0.1, 0.15) is 0 Å². The Morgan fingerprint density at radius 2 is 0.873 bits per heavy atom. The molecule has 13 aromatic rings. The number of furan rings is 1. The molecule has 6 nitrogen and oxygen atoms in total. The van der Waals surface area contributed by atoms with E-state index in [0.717, 1.165) is 72.2 Å². The monoisotopic (exact) mass is 805 g/mol. The van der Waals surface area contributed by atoms with Gasteiger partial charge >= 0.3 is 0 Å². The SMILES string of the molecule is c1ccc(-c2nc(-c3ccccc3)nc(-c3cccc4oc5ccc(-c6ccc7c(c6)c6c(ccc8c9ccccc9n(-c9ccccc9)c86)n7-c6ccccc6)cc5c34)n2)cc1. The van der Waals surface area contributed by atoms with Crippen molar-refractivity contribution in [3.63, 3.8) is 0 Å². The van der Waals surface area contributed by atoms with Crippen LogP contribution in [0.5, 0.6) is 0 Å². The van der Waals surface area contributed by atoms with Gasteiger partial charge in [0.05, 0.1) is 22.1 Å². The number of fused-ring (bicyclic) bond motifs is 10. The zero-order valence-electron chi connectivity index (χ0n) is 33.9. The van der Waals surface area contributed by atoms with Gasteiger partial charge in [-0.3, -0.25) is 0 Å². The molecule has 0 fully saturated rings. The van der Waals surface area contributed by atoms with E-state index in [1.165, 1.54) is 32.6 Å². The van der Waals surface area contributed by atoms with Crippen molar-refractivity contribution in [1.29, 1.82) is 0 Å². The fourth-order valence-electron chi connectivity index (χ4n) is 9.56. The van der Waals surface area contributed by atoms with Gasteiger partial charge in [0.15, 0.2) is 17.5 Å². The molecule has 4 aromatic heterocycles. The van der Waals surface area contributed by atoms with Crippen LogP contribution in [-0.2, 0) is 0 Å². The van der Waals surface area contributed by atoms with Gasteiger partial charge in [-0.15, -0.1) is 0 Å². The number of nitrogens with zero attached hydrogens (tertiary/aromatic N) is 5. The summed E-state index contributed by atoms with van der Waals surface area (Å²) in [7, 11) is 0. The lowest BCUT2D eigenvalue weighted by Crippen LogP contribution is -2.00. The van der Waals surface area contributed by atoms with Crippen LogP contribution >= 0.6 is 0 Å². The molecule has 0 amide bonds. The summed E-state index contributed by atoms with van der Waals surface area (Å²) in [6, 6.07) is 74.5. The first-order valence-electron chi connectivity index (χ1n) is 21.2. The minimum atomic E-state index is 0.592. The molecule has 63 heavy (non-hydrogen) atoms. The number of rotatable bonds is 6. The smallest absolute Gasteiger partial charge is 0.164 e. The Hall–Kier alpha value is -8.61. The molecule has 0 N–H and O–H groups in total. The quantitative estimate of drug-likeness (QED) is 0.168. The zero-order valence-corrected chi connectivity index (χ0v) is 33.9. The Balaban J connectivity index is 1.06. The summed E-state index contributed by atoms with van der Waals surface area (Å²) in [5, 5.41) is 6.81. The maximum absolute atomic E-state index is 6.57. The van der Waals surface area contributed by atoms with Gasteiger partial charge in [0.1, 0.15) is 11.2 Å². The Kier molecular flexibility index (Phi) is 7.80. The standard InChI is InChI=1S/C57H35N5O/c1-5-16-36(17-6-1)55-58-56(37-18-7-2-8-19-37)60-57(59-55)44-25-15-27-51-52(44)46-35-39(29-33-50(46)63-51)38-28-31-48-45(34-38)53-49(61(48)40-20-9-3-10-21-40)32-30-43-42-24-13-14-26-47(42)62(54(43)53)41-22-11-4-12-23-41/h1-35H. The van der Waals surface area contributed by atoms with Crippen molar-refractivity contribution in [3.05, 3.63) is 212 Å². The van der Waals surface area contributed by atoms with Crippen LogP contribution in [0.15, 0.2) is 217 Å². The van der Waals surface area contributed by atoms with Gasteiger partial charge in [-0.2, -0.15) is 0 Å². The third-order valence-electron chi connectivity index (χ3n) is 12.4. The van der Waals surface area contributed by atoms with E-state index in [2.05, 4.69) is 149 Å². The highest BCUT2D eigenvalue weighted by molar-refractivity contribution is 6.26. The van der Waals surface area contributed by atoms with E-state index >= 15 is 0 Å². The number of para-hydroxylation sites is 3. The van der Waals surface area contributed by atoms with Crippen LogP contribution < -0.4 is 0 Å². The molecule has 0 spiro atoms. The van der Waals surface area contributed by atoms with E-state index in [1.807, 2.05) is 72.8 Å². The third-order valence-corrected chi connectivity index (χ3v) is 12.4. The molecule has 0 aliphatic carbocycles. The van der Waals surface area contributed by atoms with Crippen LogP contribution in [0.25, 0.3) is 122 Å². The lowest BCUT2D eigenvalue weighted by molar-refractivity contribution is 0.669. The van der Waals surface area contributed by atoms with Gasteiger partial charge in [-0.25, -0.2) is 15.0 Å². The van der Waals surface area contributed by atoms with Crippen LogP contribution in [0.4, 0.5) is 0 Å². The van der Waals surface area contributed by atoms with Gasteiger partial charge in [0.2, 0.25) is 0 Å². The molecule has 294 valence electrons. The molecule has 0 atom stereocenters. The normalized spacial score (nSPS) is 11.8. The number of hydrogen-bond donors (Lipinski definition) is 0. The molecular formula is C57H35N5O. The lowest BCUT2D eigenvalue weighted by atomic mass is 9.98. The predicted octanol–water partition coefficient (Wildman–Crippen LogP) is 14.6. The first kappa shape index (κ1) is 35.2. The minimum Gasteiger partial charge on any atom is -0.456 e. The first-order valence-corrected chi connectivity index (χ1v) is 21.2. The highest BCUT2D eigenvalue weighted by Gasteiger charge is 2.23. The van der Waals surface area contributed by atoms with Crippen LogP contribution in [0.3, 0.4) is 0 Å². The Morgan fingerprint density at radius 3 is 1.57 bits per heavy atom. The first-order chi connectivity index (χ1) is 31.2. The predicted molar refractivity (Wildman–Crippen MR) is 258 cm³/mol. The molecule has 13 rings (SSSR count). The summed E-state index contributed by atoms with van der Waals surface area (Å²) < 4.78 is 11.4. The third kappa shape index (κ3) is 5.55. The van der Waals surface area contributed by atoms with Gasteiger partial charge in [0.25, 0.3) is 0 Å².